The van der Waals surface area contributed by atoms with Crippen LogP contribution in [0.3, 0.4) is 0 Å². The number of rotatable bonds is 0. The molecule has 0 aliphatic carbocycles. The van der Waals surface area contributed by atoms with Gasteiger partial charge in [0.2, 0.25) is 0 Å². The zero-order chi connectivity index (χ0) is 17.1. The van der Waals surface area contributed by atoms with Gasteiger partial charge in [-0.25, -0.2) is 0 Å². The molecule has 138 valence electrons. The summed E-state index contributed by atoms with van der Waals surface area (Å²) in [6, 6.07) is 1.29. The highest BCUT2D eigenvalue weighted by molar-refractivity contribution is 4.72. The number of hydrogen-bond acceptors (Lipinski definition) is 6. The maximum absolute atomic E-state index is 3.40. The van der Waals surface area contributed by atoms with E-state index in [-0.39, 0.29) is 0 Å². The van der Waals surface area contributed by atoms with Gasteiger partial charge in [-0.05, 0) is 35.0 Å². The van der Waals surface area contributed by atoms with Crippen molar-refractivity contribution < 1.29 is 0 Å². The van der Waals surface area contributed by atoms with Gasteiger partial charge >= 0.3 is 0 Å². The van der Waals surface area contributed by atoms with Crippen LogP contribution in [0.5, 0.6) is 0 Å². The molecule has 3 N–H and O–H groups in total. The highest BCUT2D eigenvalue weighted by atomic mass is 15.2. The molecule has 0 amide bonds. The monoisotopic (exact) mass is 328 g/mol. The Balaban J connectivity index is 0.000000238. The summed E-state index contributed by atoms with van der Waals surface area (Å²) in [5, 5.41) is 10.1. The predicted octanol–water partition coefficient (Wildman–Crippen LogP) is -0.659. The van der Waals surface area contributed by atoms with Gasteiger partial charge in [-0.2, -0.15) is 0 Å². The van der Waals surface area contributed by atoms with Crippen molar-refractivity contribution in [3.63, 3.8) is 0 Å². The lowest BCUT2D eigenvalue weighted by atomic mass is 10.3. The topological polar surface area (TPSA) is 45.8 Å². The standard InChI is InChI=1S/C10H23N3.C7H17N3/c1-10-9-12(3)6-5-11(2)7-8-13(10)4;1-7-6-9-3-2-8-4-5-10-7/h10H,5-9H2,1-4H3;7-10H,2-6H2,1H3. The van der Waals surface area contributed by atoms with E-state index in [1.165, 1.54) is 32.7 Å². The zero-order valence-electron chi connectivity index (χ0n) is 16.1. The second-order valence-electron chi connectivity index (χ2n) is 7.20. The molecule has 0 spiro atoms. The van der Waals surface area contributed by atoms with Crippen LogP contribution in [0.1, 0.15) is 13.8 Å². The van der Waals surface area contributed by atoms with Crippen molar-refractivity contribution >= 4 is 0 Å². The molecule has 0 bridgehead atoms. The molecule has 2 atom stereocenters. The van der Waals surface area contributed by atoms with Crippen molar-refractivity contribution in [2.45, 2.75) is 25.9 Å². The second kappa shape index (κ2) is 12.2. The van der Waals surface area contributed by atoms with Crippen LogP contribution >= 0.6 is 0 Å². The first-order valence-electron chi connectivity index (χ1n) is 9.21. The second-order valence-corrected chi connectivity index (χ2v) is 7.20. The summed E-state index contributed by atoms with van der Waals surface area (Å²) in [6.45, 7) is 15.9. The molecule has 0 saturated carbocycles. The van der Waals surface area contributed by atoms with Crippen LogP contribution in [0.15, 0.2) is 0 Å². The molecule has 6 nitrogen and oxygen atoms in total. The summed E-state index contributed by atoms with van der Waals surface area (Å²) < 4.78 is 0. The molecule has 2 saturated heterocycles. The lowest BCUT2D eigenvalue weighted by Crippen LogP contribution is -2.39. The van der Waals surface area contributed by atoms with Gasteiger partial charge in [-0.1, -0.05) is 0 Å². The normalized spacial score (nSPS) is 30.7. The van der Waals surface area contributed by atoms with E-state index in [9.17, 15) is 0 Å². The van der Waals surface area contributed by atoms with Gasteiger partial charge in [0.25, 0.3) is 0 Å². The lowest BCUT2D eigenvalue weighted by molar-refractivity contribution is 0.206. The SMILES string of the molecule is CC1CN(C)CCN(C)CCN1C.CC1CNCCNCCN1. The smallest absolute Gasteiger partial charge is 0.0192 e. The molecule has 2 aliphatic heterocycles. The highest BCUT2D eigenvalue weighted by Gasteiger charge is 2.14. The first-order chi connectivity index (χ1) is 11.0. The van der Waals surface area contributed by atoms with E-state index in [2.05, 4.69) is 65.6 Å². The largest absolute Gasteiger partial charge is 0.314 e. The fraction of sp³-hybridized carbons (Fsp3) is 1.00. The van der Waals surface area contributed by atoms with Crippen molar-refractivity contribution in [3.8, 4) is 0 Å². The van der Waals surface area contributed by atoms with Crippen LogP contribution in [-0.4, -0.2) is 113 Å². The van der Waals surface area contributed by atoms with Crippen molar-refractivity contribution in [2.75, 3.05) is 86.6 Å². The molecule has 23 heavy (non-hydrogen) atoms. The Hall–Kier alpha value is -0.240. The third-order valence-electron chi connectivity index (χ3n) is 4.75. The van der Waals surface area contributed by atoms with Gasteiger partial charge in [0, 0.05) is 77.5 Å². The van der Waals surface area contributed by atoms with Crippen molar-refractivity contribution in [3.05, 3.63) is 0 Å². The zero-order valence-corrected chi connectivity index (χ0v) is 16.1. The number of nitrogens with one attached hydrogen (secondary N) is 3. The number of likely N-dealkylation sites (N-methyl/N-ethyl adjacent to an activating group) is 3. The Morgan fingerprint density at radius 2 is 1.35 bits per heavy atom. The van der Waals surface area contributed by atoms with Crippen molar-refractivity contribution in [2.24, 2.45) is 0 Å². The summed E-state index contributed by atoms with van der Waals surface area (Å²) >= 11 is 0. The molecule has 2 fully saturated rings. The van der Waals surface area contributed by atoms with E-state index in [4.69, 9.17) is 0 Å². The van der Waals surface area contributed by atoms with Crippen LogP contribution in [0.2, 0.25) is 0 Å². The van der Waals surface area contributed by atoms with Gasteiger partial charge in [-0.15, -0.1) is 0 Å². The molecule has 6 heteroatoms. The summed E-state index contributed by atoms with van der Waals surface area (Å²) in [5.41, 5.74) is 0. The average Bonchev–Trinajstić information content (AvgIpc) is 2.67. The molecule has 2 unspecified atom stereocenters. The summed E-state index contributed by atoms with van der Waals surface area (Å²) in [7, 11) is 6.64. The Morgan fingerprint density at radius 3 is 2.13 bits per heavy atom. The molecule has 2 heterocycles. The quantitative estimate of drug-likeness (QED) is 0.549. The van der Waals surface area contributed by atoms with Gasteiger partial charge in [0.15, 0.2) is 0 Å². The van der Waals surface area contributed by atoms with Crippen molar-refractivity contribution in [1.29, 1.82) is 0 Å². The third-order valence-corrected chi connectivity index (χ3v) is 4.75. The number of hydrogen-bond donors (Lipinski definition) is 3. The van der Waals surface area contributed by atoms with Gasteiger partial charge in [0.1, 0.15) is 0 Å². The van der Waals surface area contributed by atoms with Gasteiger partial charge < -0.3 is 30.7 Å². The van der Waals surface area contributed by atoms with Crippen LogP contribution in [0.4, 0.5) is 0 Å². The molecular formula is C17H40N6. The van der Waals surface area contributed by atoms with Crippen molar-refractivity contribution in [1.82, 2.24) is 30.7 Å². The Bertz CT molecular complexity index is 278. The van der Waals surface area contributed by atoms with Gasteiger partial charge in [-0.3, -0.25) is 0 Å². The van der Waals surface area contributed by atoms with Crippen LogP contribution in [0, 0.1) is 0 Å². The van der Waals surface area contributed by atoms with E-state index < -0.39 is 0 Å². The maximum Gasteiger partial charge on any atom is 0.0192 e. The van der Waals surface area contributed by atoms with E-state index in [1.54, 1.807) is 0 Å². The lowest BCUT2D eigenvalue weighted by Gasteiger charge is -2.26. The summed E-state index contributed by atoms with van der Waals surface area (Å²) in [4.78, 5) is 7.27. The van der Waals surface area contributed by atoms with E-state index in [1.807, 2.05) is 0 Å². The minimum absolute atomic E-state index is 0.611. The van der Waals surface area contributed by atoms with Crippen LogP contribution < -0.4 is 16.0 Å². The molecule has 2 aliphatic rings. The fourth-order valence-electron chi connectivity index (χ4n) is 2.78. The Labute approximate surface area is 144 Å². The molecule has 0 aromatic rings. The van der Waals surface area contributed by atoms with Crippen LogP contribution in [0.25, 0.3) is 0 Å². The molecule has 2 rings (SSSR count). The minimum Gasteiger partial charge on any atom is -0.314 e. The highest BCUT2D eigenvalue weighted by Crippen LogP contribution is 2.01. The molecule has 0 aromatic carbocycles. The molecule has 0 radical (unpaired) electrons. The maximum atomic E-state index is 3.40. The summed E-state index contributed by atoms with van der Waals surface area (Å²) in [5.74, 6) is 0. The predicted molar refractivity (Wildman–Crippen MR) is 100 cm³/mol. The van der Waals surface area contributed by atoms with E-state index in [0.717, 1.165) is 32.7 Å². The third kappa shape index (κ3) is 10.3. The Morgan fingerprint density at radius 1 is 0.739 bits per heavy atom. The Kier molecular flexibility index (Phi) is 11.0. The number of nitrogens with zero attached hydrogens (tertiary/aromatic N) is 3. The van der Waals surface area contributed by atoms with E-state index >= 15 is 0 Å². The summed E-state index contributed by atoms with van der Waals surface area (Å²) in [6.07, 6.45) is 0. The van der Waals surface area contributed by atoms with Gasteiger partial charge in [0.05, 0.1) is 0 Å². The average molecular weight is 329 g/mol. The minimum atomic E-state index is 0.611. The first-order valence-corrected chi connectivity index (χ1v) is 9.21. The van der Waals surface area contributed by atoms with E-state index in [0.29, 0.717) is 12.1 Å². The fourth-order valence-corrected chi connectivity index (χ4v) is 2.78. The van der Waals surface area contributed by atoms with Crippen LogP contribution in [-0.2, 0) is 0 Å². The molecular weight excluding hydrogens is 288 g/mol. The first kappa shape index (κ1) is 20.8. The molecule has 0 aromatic heterocycles.